The molecular formula is C17H19FN4O. The molecular weight excluding hydrogens is 295 g/mol. The predicted molar refractivity (Wildman–Crippen MR) is 84.0 cm³/mol. The van der Waals surface area contributed by atoms with E-state index in [1.807, 2.05) is 6.92 Å². The number of aryl methyl sites for hydroxylation is 1. The van der Waals surface area contributed by atoms with Crippen LogP contribution in [-0.4, -0.2) is 26.9 Å². The van der Waals surface area contributed by atoms with Crippen molar-refractivity contribution in [3.63, 3.8) is 0 Å². The molecule has 1 N–H and O–H groups in total. The fourth-order valence-electron chi connectivity index (χ4n) is 2.41. The van der Waals surface area contributed by atoms with Crippen LogP contribution in [-0.2, 0) is 13.1 Å². The van der Waals surface area contributed by atoms with Crippen molar-refractivity contribution in [3.8, 4) is 0 Å². The van der Waals surface area contributed by atoms with Gasteiger partial charge in [0.05, 0.1) is 12.2 Å². The van der Waals surface area contributed by atoms with Crippen LogP contribution < -0.4 is 5.32 Å². The summed E-state index contributed by atoms with van der Waals surface area (Å²) in [5.41, 5.74) is 1.70. The molecule has 1 aliphatic rings. The standard InChI is InChI=1S/C17H19FN4O/c1-12-19-9-8-15(21-12)10-20-17(23)22(16-6-7-16)11-13-2-4-14(18)5-3-13/h2-5,8-9,16H,6-7,10-11H2,1H3,(H,20,23). The highest BCUT2D eigenvalue weighted by Gasteiger charge is 2.32. The van der Waals surface area contributed by atoms with Crippen molar-refractivity contribution < 1.29 is 9.18 Å². The first-order valence-electron chi connectivity index (χ1n) is 7.69. The molecule has 1 aromatic carbocycles. The largest absolute Gasteiger partial charge is 0.332 e. The topological polar surface area (TPSA) is 58.1 Å². The molecule has 1 aromatic heterocycles. The highest BCUT2D eigenvalue weighted by molar-refractivity contribution is 5.74. The lowest BCUT2D eigenvalue weighted by molar-refractivity contribution is 0.191. The summed E-state index contributed by atoms with van der Waals surface area (Å²) in [7, 11) is 0. The van der Waals surface area contributed by atoms with E-state index in [4.69, 9.17) is 0 Å². The third kappa shape index (κ3) is 4.25. The number of benzene rings is 1. The van der Waals surface area contributed by atoms with E-state index < -0.39 is 0 Å². The lowest BCUT2D eigenvalue weighted by Gasteiger charge is -2.23. The summed E-state index contributed by atoms with van der Waals surface area (Å²) in [4.78, 5) is 22.6. The van der Waals surface area contributed by atoms with Crippen molar-refractivity contribution in [2.45, 2.75) is 38.9 Å². The Bertz CT molecular complexity index is 685. The molecule has 120 valence electrons. The number of aromatic nitrogens is 2. The van der Waals surface area contributed by atoms with E-state index in [2.05, 4.69) is 15.3 Å². The van der Waals surface area contributed by atoms with Gasteiger partial charge in [0, 0.05) is 18.8 Å². The van der Waals surface area contributed by atoms with Crippen molar-refractivity contribution in [2.75, 3.05) is 0 Å². The number of amides is 2. The molecule has 1 heterocycles. The fourth-order valence-corrected chi connectivity index (χ4v) is 2.41. The summed E-state index contributed by atoms with van der Waals surface area (Å²) in [5, 5.41) is 2.90. The normalized spacial score (nSPS) is 13.7. The van der Waals surface area contributed by atoms with E-state index in [0.29, 0.717) is 18.9 Å². The minimum atomic E-state index is -0.268. The van der Waals surface area contributed by atoms with Crippen LogP contribution in [0.3, 0.4) is 0 Å². The molecule has 0 atom stereocenters. The average Bonchev–Trinajstić information content (AvgIpc) is 3.37. The number of hydrogen-bond donors (Lipinski definition) is 1. The Balaban J connectivity index is 1.61. The Morgan fingerprint density at radius 1 is 1.30 bits per heavy atom. The Hall–Kier alpha value is -2.50. The van der Waals surface area contributed by atoms with Gasteiger partial charge in [-0.1, -0.05) is 12.1 Å². The van der Waals surface area contributed by atoms with Crippen LogP contribution in [0.1, 0.15) is 29.9 Å². The number of carbonyl (C=O) groups is 1. The van der Waals surface area contributed by atoms with Crippen LogP contribution in [0, 0.1) is 12.7 Å². The third-order valence-corrected chi connectivity index (χ3v) is 3.77. The summed E-state index contributed by atoms with van der Waals surface area (Å²) < 4.78 is 13.0. The molecule has 1 saturated carbocycles. The summed E-state index contributed by atoms with van der Waals surface area (Å²) in [6.07, 6.45) is 3.71. The second kappa shape index (κ2) is 6.73. The highest BCUT2D eigenvalue weighted by Crippen LogP contribution is 2.28. The summed E-state index contributed by atoms with van der Waals surface area (Å²) in [6.45, 7) is 2.67. The van der Waals surface area contributed by atoms with Crippen LogP contribution in [0.4, 0.5) is 9.18 Å². The lowest BCUT2D eigenvalue weighted by atomic mass is 10.2. The SMILES string of the molecule is Cc1nccc(CNC(=O)N(Cc2ccc(F)cc2)C2CC2)n1. The third-order valence-electron chi connectivity index (χ3n) is 3.77. The number of nitrogens with zero attached hydrogens (tertiary/aromatic N) is 3. The van der Waals surface area contributed by atoms with Crippen LogP contribution in [0.15, 0.2) is 36.5 Å². The van der Waals surface area contributed by atoms with E-state index in [9.17, 15) is 9.18 Å². The number of urea groups is 1. The average molecular weight is 314 g/mol. The van der Waals surface area contributed by atoms with Gasteiger partial charge in [0.1, 0.15) is 11.6 Å². The molecule has 0 spiro atoms. The van der Waals surface area contributed by atoms with E-state index in [0.717, 1.165) is 24.1 Å². The smallest absolute Gasteiger partial charge is 0.318 e. The Kier molecular flexibility index (Phi) is 4.50. The molecule has 0 saturated heterocycles. The first-order chi connectivity index (χ1) is 11.1. The van der Waals surface area contributed by atoms with Gasteiger partial charge in [0.25, 0.3) is 0 Å². The quantitative estimate of drug-likeness (QED) is 0.923. The summed E-state index contributed by atoms with van der Waals surface area (Å²) >= 11 is 0. The zero-order valence-corrected chi connectivity index (χ0v) is 13.0. The zero-order chi connectivity index (χ0) is 16.2. The lowest BCUT2D eigenvalue weighted by Crippen LogP contribution is -2.40. The molecule has 2 amide bonds. The molecule has 5 nitrogen and oxygen atoms in total. The zero-order valence-electron chi connectivity index (χ0n) is 13.0. The van der Waals surface area contributed by atoms with Crippen molar-refractivity contribution in [2.24, 2.45) is 0 Å². The number of halogens is 1. The maximum absolute atomic E-state index is 13.0. The fraction of sp³-hybridized carbons (Fsp3) is 0.353. The Labute approximate surface area is 134 Å². The minimum Gasteiger partial charge on any atom is -0.332 e. The van der Waals surface area contributed by atoms with Crippen molar-refractivity contribution >= 4 is 6.03 Å². The van der Waals surface area contributed by atoms with Crippen LogP contribution in [0.25, 0.3) is 0 Å². The Morgan fingerprint density at radius 2 is 2.04 bits per heavy atom. The molecule has 0 aliphatic heterocycles. The van der Waals surface area contributed by atoms with Gasteiger partial charge in [-0.05, 0) is 43.5 Å². The Morgan fingerprint density at radius 3 is 2.70 bits per heavy atom. The first kappa shape index (κ1) is 15.4. The van der Waals surface area contributed by atoms with Crippen LogP contribution in [0.2, 0.25) is 0 Å². The highest BCUT2D eigenvalue weighted by atomic mass is 19.1. The van der Waals surface area contributed by atoms with Gasteiger partial charge in [-0.2, -0.15) is 0 Å². The van der Waals surface area contributed by atoms with Crippen molar-refractivity contribution in [3.05, 3.63) is 59.4 Å². The molecule has 0 unspecified atom stereocenters. The van der Waals surface area contributed by atoms with E-state index in [-0.39, 0.29) is 17.9 Å². The predicted octanol–water partition coefficient (Wildman–Crippen LogP) is 2.80. The molecule has 0 radical (unpaired) electrons. The van der Waals surface area contributed by atoms with Gasteiger partial charge in [0.2, 0.25) is 0 Å². The number of carbonyl (C=O) groups excluding carboxylic acids is 1. The first-order valence-corrected chi connectivity index (χ1v) is 7.69. The molecule has 1 aliphatic carbocycles. The molecule has 23 heavy (non-hydrogen) atoms. The summed E-state index contributed by atoms with van der Waals surface area (Å²) in [5.74, 6) is 0.414. The van der Waals surface area contributed by atoms with Crippen LogP contribution >= 0.6 is 0 Å². The van der Waals surface area contributed by atoms with E-state index in [1.54, 1.807) is 29.3 Å². The van der Waals surface area contributed by atoms with Crippen molar-refractivity contribution in [1.82, 2.24) is 20.2 Å². The molecule has 6 heteroatoms. The molecule has 2 aromatic rings. The molecule has 0 bridgehead atoms. The van der Waals surface area contributed by atoms with E-state index in [1.165, 1.54) is 12.1 Å². The van der Waals surface area contributed by atoms with Gasteiger partial charge >= 0.3 is 6.03 Å². The summed E-state index contributed by atoms with van der Waals surface area (Å²) in [6, 6.07) is 8.20. The monoisotopic (exact) mass is 314 g/mol. The number of nitrogens with one attached hydrogen (secondary N) is 1. The molecule has 1 fully saturated rings. The maximum Gasteiger partial charge on any atom is 0.318 e. The van der Waals surface area contributed by atoms with E-state index >= 15 is 0 Å². The number of hydrogen-bond acceptors (Lipinski definition) is 3. The second-order valence-corrected chi connectivity index (χ2v) is 5.74. The van der Waals surface area contributed by atoms with Crippen LogP contribution in [0.5, 0.6) is 0 Å². The molecule has 3 rings (SSSR count). The number of rotatable bonds is 5. The van der Waals surface area contributed by atoms with Gasteiger partial charge in [-0.3, -0.25) is 0 Å². The van der Waals surface area contributed by atoms with Crippen molar-refractivity contribution in [1.29, 1.82) is 0 Å². The van der Waals surface area contributed by atoms with Gasteiger partial charge in [-0.25, -0.2) is 19.2 Å². The second-order valence-electron chi connectivity index (χ2n) is 5.74. The van der Waals surface area contributed by atoms with Gasteiger partial charge in [0.15, 0.2) is 0 Å². The van der Waals surface area contributed by atoms with Gasteiger partial charge < -0.3 is 10.2 Å². The van der Waals surface area contributed by atoms with Gasteiger partial charge in [-0.15, -0.1) is 0 Å². The minimum absolute atomic E-state index is 0.118. The maximum atomic E-state index is 13.0.